The van der Waals surface area contributed by atoms with Gasteiger partial charge in [0.05, 0.1) is 6.04 Å². The van der Waals surface area contributed by atoms with E-state index in [9.17, 15) is 4.79 Å². The number of hydrogen-bond donors (Lipinski definition) is 2. The van der Waals surface area contributed by atoms with Crippen LogP contribution in [-0.2, 0) is 4.79 Å². The van der Waals surface area contributed by atoms with Gasteiger partial charge in [0.15, 0.2) is 0 Å². The minimum atomic E-state index is -0.507. The number of hydrogen-bond acceptors (Lipinski definition) is 3. The van der Waals surface area contributed by atoms with Gasteiger partial charge in [0.25, 0.3) is 0 Å². The molecule has 0 aliphatic carbocycles. The molecule has 0 aliphatic heterocycles. The van der Waals surface area contributed by atoms with Gasteiger partial charge in [-0.2, -0.15) is 0 Å². The fraction of sp³-hybridized carbons (Fsp3) is 0.250. The number of carbonyl (C=O) groups excluding carboxylic acids is 1. The molecule has 1 heterocycles. The summed E-state index contributed by atoms with van der Waals surface area (Å²) in [6, 6.07) is 4.78. The molecule has 0 saturated heterocycles. The molecule has 0 spiro atoms. The standard InChI is InChI=1S/C8H11N3O/c1-6(9)8(12)11-7-4-2-3-5-10-7/h2-6H,9H2,1H3,(H,10,11,12)/t6-/m1/s1. The monoisotopic (exact) mass is 165 g/mol. The Morgan fingerprint density at radius 3 is 2.92 bits per heavy atom. The van der Waals surface area contributed by atoms with E-state index in [4.69, 9.17) is 5.73 Å². The lowest BCUT2D eigenvalue weighted by Crippen LogP contribution is -2.32. The van der Waals surface area contributed by atoms with Gasteiger partial charge in [0.1, 0.15) is 5.82 Å². The average Bonchev–Trinajstić information content (AvgIpc) is 2.06. The summed E-state index contributed by atoms with van der Waals surface area (Å²) in [6.07, 6.45) is 1.61. The second-order valence-corrected chi connectivity index (χ2v) is 2.49. The Morgan fingerprint density at radius 2 is 2.42 bits per heavy atom. The highest BCUT2D eigenvalue weighted by Gasteiger charge is 2.06. The summed E-state index contributed by atoms with van der Waals surface area (Å²) in [7, 11) is 0. The number of nitrogens with one attached hydrogen (secondary N) is 1. The molecule has 3 N–H and O–H groups in total. The van der Waals surface area contributed by atoms with Crippen LogP contribution < -0.4 is 11.1 Å². The topological polar surface area (TPSA) is 68.0 Å². The summed E-state index contributed by atoms with van der Waals surface area (Å²) in [4.78, 5) is 14.9. The number of rotatable bonds is 2. The van der Waals surface area contributed by atoms with Crippen molar-refractivity contribution in [3.05, 3.63) is 24.4 Å². The molecule has 1 aromatic heterocycles. The molecule has 0 saturated carbocycles. The largest absolute Gasteiger partial charge is 0.320 e. The maximum Gasteiger partial charge on any atom is 0.242 e. The second kappa shape index (κ2) is 3.82. The SMILES string of the molecule is C[C@@H](N)C(=O)Nc1ccccn1. The predicted molar refractivity (Wildman–Crippen MR) is 46.5 cm³/mol. The van der Waals surface area contributed by atoms with Crippen LogP contribution in [0.4, 0.5) is 5.82 Å². The molecule has 0 aromatic carbocycles. The highest BCUT2D eigenvalue weighted by molar-refractivity contribution is 5.93. The van der Waals surface area contributed by atoms with Crippen molar-refractivity contribution in [2.45, 2.75) is 13.0 Å². The van der Waals surface area contributed by atoms with Crippen LogP contribution >= 0.6 is 0 Å². The molecule has 1 rings (SSSR count). The van der Waals surface area contributed by atoms with Gasteiger partial charge in [-0.15, -0.1) is 0 Å². The van der Waals surface area contributed by atoms with Crippen molar-refractivity contribution in [1.29, 1.82) is 0 Å². The number of nitrogens with zero attached hydrogens (tertiary/aromatic N) is 1. The molecule has 4 heteroatoms. The van der Waals surface area contributed by atoms with Gasteiger partial charge in [-0.25, -0.2) is 4.98 Å². The molecule has 0 fully saturated rings. The molecular formula is C8H11N3O. The van der Waals surface area contributed by atoms with E-state index >= 15 is 0 Å². The molecule has 0 bridgehead atoms. The highest BCUT2D eigenvalue weighted by Crippen LogP contribution is 1.99. The molecule has 4 nitrogen and oxygen atoms in total. The van der Waals surface area contributed by atoms with Crippen LogP contribution in [0.5, 0.6) is 0 Å². The van der Waals surface area contributed by atoms with E-state index in [1.807, 2.05) is 0 Å². The first-order valence-corrected chi connectivity index (χ1v) is 3.67. The van der Waals surface area contributed by atoms with Crippen LogP contribution in [0, 0.1) is 0 Å². The summed E-state index contributed by atoms with van der Waals surface area (Å²) in [6.45, 7) is 1.62. The van der Waals surface area contributed by atoms with Crippen LogP contribution in [0.3, 0.4) is 0 Å². The number of aromatic nitrogens is 1. The minimum Gasteiger partial charge on any atom is -0.320 e. The van der Waals surface area contributed by atoms with E-state index in [0.29, 0.717) is 5.82 Å². The molecule has 0 aliphatic rings. The smallest absolute Gasteiger partial charge is 0.242 e. The van der Waals surface area contributed by atoms with Crippen molar-refractivity contribution in [2.24, 2.45) is 5.73 Å². The highest BCUT2D eigenvalue weighted by atomic mass is 16.2. The number of nitrogens with two attached hydrogens (primary N) is 1. The molecule has 1 amide bonds. The maximum absolute atomic E-state index is 11.0. The molecule has 12 heavy (non-hydrogen) atoms. The molecular weight excluding hydrogens is 154 g/mol. The van der Waals surface area contributed by atoms with Crippen LogP contribution in [0.15, 0.2) is 24.4 Å². The lowest BCUT2D eigenvalue weighted by molar-refractivity contribution is -0.117. The zero-order valence-electron chi connectivity index (χ0n) is 6.82. The van der Waals surface area contributed by atoms with Crippen LogP contribution in [0.25, 0.3) is 0 Å². The Morgan fingerprint density at radius 1 is 1.67 bits per heavy atom. The third-order valence-corrected chi connectivity index (χ3v) is 1.33. The zero-order chi connectivity index (χ0) is 8.97. The second-order valence-electron chi connectivity index (χ2n) is 2.49. The summed E-state index contributed by atoms with van der Waals surface area (Å²) < 4.78 is 0. The predicted octanol–water partition coefficient (Wildman–Crippen LogP) is 0.367. The van der Waals surface area contributed by atoms with E-state index in [1.54, 1.807) is 31.3 Å². The van der Waals surface area contributed by atoms with Gasteiger partial charge in [0.2, 0.25) is 5.91 Å². The van der Waals surface area contributed by atoms with Gasteiger partial charge in [-0.1, -0.05) is 6.07 Å². The number of pyridine rings is 1. The van der Waals surface area contributed by atoms with Crippen molar-refractivity contribution in [3.8, 4) is 0 Å². The van der Waals surface area contributed by atoms with Crippen molar-refractivity contribution < 1.29 is 4.79 Å². The number of amides is 1. The molecule has 1 aromatic rings. The first-order valence-electron chi connectivity index (χ1n) is 3.67. The van der Waals surface area contributed by atoms with Gasteiger partial charge in [-0.3, -0.25) is 4.79 Å². The van der Waals surface area contributed by atoms with Crippen molar-refractivity contribution in [2.75, 3.05) is 5.32 Å². The Hall–Kier alpha value is -1.42. The van der Waals surface area contributed by atoms with Gasteiger partial charge in [-0.05, 0) is 19.1 Å². The van der Waals surface area contributed by atoms with Crippen molar-refractivity contribution in [3.63, 3.8) is 0 Å². The lowest BCUT2D eigenvalue weighted by Gasteiger charge is -2.05. The van der Waals surface area contributed by atoms with Crippen LogP contribution in [-0.4, -0.2) is 16.9 Å². The van der Waals surface area contributed by atoms with Gasteiger partial charge < -0.3 is 11.1 Å². The Kier molecular flexibility index (Phi) is 2.76. The summed E-state index contributed by atoms with van der Waals surface area (Å²) in [5.41, 5.74) is 5.34. The van der Waals surface area contributed by atoms with Gasteiger partial charge >= 0.3 is 0 Å². The normalized spacial score (nSPS) is 12.2. The Labute approximate surface area is 70.8 Å². The summed E-state index contributed by atoms with van der Waals surface area (Å²) >= 11 is 0. The summed E-state index contributed by atoms with van der Waals surface area (Å²) in [5, 5.41) is 2.57. The number of anilines is 1. The van der Waals surface area contributed by atoms with E-state index < -0.39 is 6.04 Å². The first kappa shape index (κ1) is 8.67. The molecule has 64 valence electrons. The third-order valence-electron chi connectivity index (χ3n) is 1.33. The van der Waals surface area contributed by atoms with E-state index in [0.717, 1.165) is 0 Å². The molecule has 1 atom stereocenters. The Balaban J connectivity index is 2.59. The lowest BCUT2D eigenvalue weighted by atomic mass is 10.3. The quantitative estimate of drug-likeness (QED) is 0.665. The third kappa shape index (κ3) is 2.32. The fourth-order valence-corrected chi connectivity index (χ4v) is 0.677. The van der Waals surface area contributed by atoms with Crippen molar-refractivity contribution in [1.82, 2.24) is 4.98 Å². The maximum atomic E-state index is 11.0. The van der Waals surface area contributed by atoms with Crippen LogP contribution in [0.2, 0.25) is 0 Å². The van der Waals surface area contributed by atoms with E-state index in [2.05, 4.69) is 10.3 Å². The fourth-order valence-electron chi connectivity index (χ4n) is 0.677. The zero-order valence-corrected chi connectivity index (χ0v) is 6.82. The van der Waals surface area contributed by atoms with E-state index in [-0.39, 0.29) is 5.91 Å². The Bertz CT molecular complexity index is 258. The average molecular weight is 165 g/mol. The van der Waals surface area contributed by atoms with Gasteiger partial charge in [0, 0.05) is 6.20 Å². The van der Waals surface area contributed by atoms with E-state index in [1.165, 1.54) is 0 Å². The summed E-state index contributed by atoms with van der Waals surface area (Å²) in [5.74, 6) is 0.300. The minimum absolute atomic E-state index is 0.228. The molecule has 0 radical (unpaired) electrons. The first-order chi connectivity index (χ1) is 5.70. The number of carbonyl (C=O) groups is 1. The van der Waals surface area contributed by atoms with Crippen LogP contribution in [0.1, 0.15) is 6.92 Å². The molecule has 0 unspecified atom stereocenters. The van der Waals surface area contributed by atoms with Crippen molar-refractivity contribution >= 4 is 11.7 Å².